The van der Waals surface area contributed by atoms with Crippen LogP contribution < -0.4 is 0 Å². The van der Waals surface area contributed by atoms with E-state index >= 15 is 0 Å². The maximum atomic E-state index is 12.2. The molecule has 18 heavy (non-hydrogen) atoms. The monoisotopic (exact) mass is 258 g/mol. The van der Waals surface area contributed by atoms with Crippen LogP contribution in [0.15, 0.2) is 30.8 Å². The van der Waals surface area contributed by atoms with E-state index in [0.717, 1.165) is 11.1 Å². The van der Waals surface area contributed by atoms with Crippen molar-refractivity contribution in [2.24, 2.45) is 5.92 Å². The molecule has 0 bridgehead atoms. The van der Waals surface area contributed by atoms with Crippen LogP contribution >= 0.6 is 11.8 Å². The standard InChI is InChI=1S/C16H18OS/c1-11-13-9-5-6-10-14(13)16(17)18-15(11)12-7-3-2-4-8-12/h5-6,9-10,12,15H,1-4,7-8H2. The zero-order valence-electron chi connectivity index (χ0n) is 10.5. The quantitative estimate of drug-likeness (QED) is 0.736. The Morgan fingerprint density at radius 1 is 1.06 bits per heavy atom. The Morgan fingerprint density at radius 2 is 1.72 bits per heavy atom. The lowest BCUT2D eigenvalue weighted by molar-refractivity contribution is 0.108. The summed E-state index contributed by atoms with van der Waals surface area (Å²) < 4.78 is 0. The third-order valence-corrected chi connectivity index (χ3v) is 5.51. The second kappa shape index (κ2) is 4.93. The molecular weight excluding hydrogens is 240 g/mol. The fourth-order valence-corrected chi connectivity index (χ4v) is 4.43. The van der Waals surface area contributed by atoms with Crippen molar-refractivity contribution < 1.29 is 4.79 Å². The van der Waals surface area contributed by atoms with Crippen LogP contribution in [-0.4, -0.2) is 10.4 Å². The second-order valence-corrected chi connectivity index (χ2v) is 6.41. The Morgan fingerprint density at radius 3 is 2.44 bits per heavy atom. The van der Waals surface area contributed by atoms with Crippen molar-refractivity contribution in [2.45, 2.75) is 37.4 Å². The van der Waals surface area contributed by atoms with Gasteiger partial charge in [0.25, 0.3) is 0 Å². The maximum absolute atomic E-state index is 12.2. The highest BCUT2D eigenvalue weighted by Gasteiger charge is 2.34. The highest BCUT2D eigenvalue weighted by atomic mass is 32.2. The van der Waals surface area contributed by atoms with E-state index in [1.165, 1.54) is 49.4 Å². The fourth-order valence-electron chi connectivity index (χ4n) is 3.16. The smallest absolute Gasteiger partial charge is 0.220 e. The Hall–Kier alpha value is -1.02. The largest absolute Gasteiger partial charge is 0.282 e. The molecule has 0 amide bonds. The van der Waals surface area contributed by atoms with Crippen molar-refractivity contribution in [3.8, 4) is 0 Å². The van der Waals surface area contributed by atoms with E-state index in [1.807, 2.05) is 24.3 Å². The van der Waals surface area contributed by atoms with Crippen LogP contribution in [0.5, 0.6) is 0 Å². The van der Waals surface area contributed by atoms with Gasteiger partial charge in [0, 0.05) is 10.8 Å². The van der Waals surface area contributed by atoms with E-state index in [2.05, 4.69) is 6.58 Å². The Bertz CT molecular complexity index is 486. The lowest BCUT2D eigenvalue weighted by atomic mass is 9.82. The van der Waals surface area contributed by atoms with Gasteiger partial charge in [0.05, 0.1) is 0 Å². The van der Waals surface area contributed by atoms with Gasteiger partial charge in [0.15, 0.2) is 0 Å². The first-order valence-corrected chi connectivity index (χ1v) is 7.64. The molecule has 0 radical (unpaired) electrons. The molecule has 1 aromatic rings. The number of benzene rings is 1. The van der Waals surface area contributed by atoms with Crippen molar-refractivity contribution >= 4 is 22.5 Å². The first-order valence-electron chi connectivity index (χ1n) is 6.76. The summed E-state index contributed by atoms with van der Waals surface area (Å²) in [5, 5.41) is 0.543. The minimum absolute atomic E-state index is 0.230. The number of fused-ring (bicyclic) bond motifs is 1. The van der Waals surface area contributed by atoms with E-state index in [9.17, 15) is 4.79 Å². The number of thioether (sulfide) groups is 1. The van der Waals surface area contributed by atoms with Gasteiger partial charge in [-0.25, -0.2) is 0 Å². The molecule has 1 aromatic carbocycles. The minimum Gasteiger partial charge on any atom is -0.282 e. The normalized spacial score (nSPS) is 25.0. The molecule has 1 aliphatic heterocycles. The summed E-state index contributed by atoms with van der Waals surface area (Å²) in [7, 11) is 0. The molecule has 3 rings (SSSR count). The van der Waals surface area contributed by atoms with Crippen LogP contribution in [0.2, 0.25) is 0 Å². The van der Waals surface area contributed by atoms with Gasteiger partial charge < -0.3 is 0 Å². The highest BCUT2D eigenvalue weighted by molar-refractivity contribution is 8.15. The summed E-state index contributed by atoms with van der Waals surface area (Å²) >= 11 is 1.51. The average Bonchev–Trinajstić information content (AvgIpc) is 2.44. The SMILES string of the molecule is C=C1c2ccccc2C(=O)SC1C1CCCCC1. The van der Waals surface area contributed by atoms with E-state index in [-0.39, 0.29) is 5.12 Å². The predicted octanol–water partition coefficient (Wildman–Crippen LogP) is 4.54. The molecule has 1 aliphatic carbocycles. The van der Waals surface area contributed by atoms with Gasteiger partial charge in [-0.15, -0.1) is 0 Å². The molecule has 2 aliphatic rings. The number of carbonyl (C=O) groups excluding carboxylic acids is 1. The van der Waals surface area contributed by atoms with Crippen LogP contribution in [0.3, 0.4) is 0 Å². The summed E-state index contributed by atoms with van der Waals surface area (Å²) in [5.41, 5.74) is 3.10. The lowest BCUT2D eigenvalue weighted by Gasteiger charge is -2.34. The van der Waals surface area contributed by atoms with Crippen LogP contribution in [-0.2, 0) is 0 Å². The molecule has 2 heteroatoms. The molecule has 94 valence electrons. The fraction of sp³-hybridized carbons (Fsp3) is 0.438. The van der Waals surface area contributed by atoms with Gasteiger partial charge in [-0.3, -0.25) is 4.79 Å². The minimum atomic E-state index is 0.230. The van der Waals surface area contributed by atoms with Gasteiger partial charge >= 0.3 is 0 Å². The summed E-state index contributed by atoms with van der Waals surface area (Å²) in [6, 6.07) is 7.91. The Kier molecular flexibility index (Phi) is 3.29. The molecular formula is C16H18OS. The molecule has 0 N–H and O–H groups in total. The second-order valence-electron chi connectivity index (χ2n) is 5.29. The van der Waals surface area contributed by atoms with Gasteiger partial charge in [-0.1, -0.05) is 55.8 Å². The zero-order chi connectivity index (χ0) is 12.5. The summed E-state index contributed by atoms with van der Waals surface area (Å²) in [6.07, 6.45) is 6.48. The average molecular weight is 258 g/mol. The summed E-state index contributed by atoms with van der Waals surface area (Å²) in [6.45, 7) is 4.27. The first kappa shape index (κ1) is 12.0. The Balaban J connectivity index is 1.91. The summed E-state index contributed by atoms with van der Waals surface area (Å²) in [4.78, 5) is 12.2. The van der Waals surface area contributed by atoms with Crippen LogP contribution in [0.1, 0.15) is 48.0 Å². The van der Waals surface area contributed by atoms with Crippen molar-refractivity contribution in [2.75, 3.05) is 0 Å². The molecule has 0 aromatic heterocycles. The number of hydrogen-bond acceptors (Lipinski definition) is 2. The number of rotatable bonds is 1. The van der Waals surface area contributed by atoms with E-state index in [0.29, 0.717) is 11.2 Å². The predicted molar refractivity (Wildman–Crippen MR) is 77.8 cm³/mol. The molecule has 1 atom stereocenters. The molecule has 1 heterocycles. The van der Waals surface area contributed by atoms with E-state index < -0.39 is 0 Å². The topological polar surface area (TPSA) is 17.1 Å². The van der Waals surface area contributed by atoms with Crippen LogP contribution in [0, 0.1) is 5.92 Å². The summed E-state index contributed by atoms with van der Waals surface area (Å²) in [5.74, 6) is 0.647. The highest BCUT2D eigenvalue weighted by Crippen LogP contribution is 2.44. The van der Waals surface area contributed by atoms with Crippen LogP contribution in [0.4, 0.5) is 0 Å². The number of carbonyl (C=O) groups is 1. The van der Waals surface area contributed by atoms with Crippen LogP contribution in [0.25, 0.3) is 5.57 Å². The van der Waals surface area contributed by atoms with Gasteiger partial charge in [0.2, 0.25) is 5.12 Å². The molecule has 1 nitrogen and oxygen atoms in total. The maximum Gasteiger partial charge on any atom is 0.220 e. The van der Waals surface area contributed by atoms with Crippen molar-refractivity contribution in [1.29, 1.82) is 0 Å². The van der Waals surface area contributed by atoms with Gasteiger partial charge in [-0.05, 0) is 36.0 Å². The van der Waals surface area contributed by atoms with Crippen molar-refractivity contribution in [3.05, 3.63) is 42.0 Å². The lowest BCUT2D eigenvalue weighted by Crippen LogP contribution is -2.26. The molecule has 0 spiro atoms. The molecule has 0 saturated heterocycles. The Labute approximate surface area is 113 Å². The van der Waals surface area contributed by atoms with Gasteiger partial charge in [-0.2, -0.15) is 0 Å². The first-order chi connectivity index (χ1) is 8.77. The molecule has 1 unspecified atom stereocenters. The molecule has 1 saturated carbocycles. The third kappa shape index (κ3) is 2.03. The zero-order valence-corrected chi connectivity index (χ0v) is 11.3. The van der Waals surface area contributed by atoms with Crippen molar-refractivity contribution in [3.63, 3.8) is 0 Å². The van der Waals surface area contributed by atoms with E-state index in [4.69, 9.17) is 0 Å². The third-order valence-electron chi connectivity index (χ3n) is 4.15. The number of hydrogen-bond donors (Lipinski definition) is 0. The van der Waals surface area contributed by atoms with Crippen molar-refractivity contribution in [1.82, 2.24) is 0 Å². The van der Waals surface area contributed by atoms with E-state index in [1.54, 1.807) is 0 Å². The molecule has 1 fully saturated rings. The van der Waals surface area contributed by atoms with Gasteiger partial charge in [0.1, 0.15) is 0 Å².